The molecule has 0 spiro atoms. The van der Waals surface area contributed by atoms with Crippen molar-refractivity contribution in [3.8, 4) is 28.3 Å². The summed E-state index contributed by atoms with van der Waals surface area (Å²) in [6, 6.07) is 82.5. The number of hydrogen-bond acceptors (Lipinski definition) is 2. The van der Waals surface area contributed by atoms with Gasteiger partial charge in [-0.1, -0.05) is 170 Å². The third-order valence-electron chi connectivity index (χ3n) is 12.6. The van der Waals surface area contributed by atoms with E-state index >= 15 is 0 Å². The van der Waals surface area contributed by atoms with Crippen molar-refractivity contribution in [2.75, 3.05) is 4.81 Å². The maximum absolute atomic E-state index is 7.30. The zero-order valence-corrected chi connectivity index (χ0v) is 33.2. The van der Waals surface area contributed by atoms with Crippen molar-refractivity contribution in [2.45, 2.75) is 0 Å². The van der Waals surface area contributed by atoms with Crippen molar-refractivity contribution in [2.24, 2.45) is 0 Å². The monoisotopic (exact) mass is 768 g/mol. The number of para-hydroxylation sites is 4. The molecule has 0 unspecified atom stereocenters. The number of hydrogen-bond donors (Lipinski definition) is 0. The molecular formula is C54H37BN2OSi. The minimum atomic E-state index is -2.89. The van der Waals surface area contributed by atoms with Crippen LogP contribution < -0.4 is 41.2 Å². The Morgan fingerprint density at radius 3 is 1.53 bits per heavy atom. The zero-order chi connectivity index (χ0) is 38.9. The lowest BCUT2D eigenvalue weighted by atomic mass is 9.44. The van der Waals surface area contributed by atoms with Crippen LogP contribution in [0.25, 0.3) is 38.6 Å². The van der Waals surface area contributed by atoms with Gasteiger partial charge in [-0.15, -0.1) is 0 Å². The number of ether oxygens (including phenoxy) is 1. The van der Waals surface area contributed by atoms with E-state index in [1.54, 1.807) is 0 Å². The minimum Gasteiger partial charge on any atom is -0.458 e. The molecule has 0 saturated carbocycles. The second kappa shape index (κ2) is 13.4. The van der Waals surface area contributed by atoms with Crippen molar-refractivity contribution < 1.29 is 4.74 Å². The molecule has 276 valence electrons. The van der Waals surface area contributed by atoms with Gasteiger partial charge in [-0.05, 0) is 86.4 Å². The molecule has 0 bridgehead atoms. The van der Waals surface area contributed by atoms with Gasteiger partial charge in [-0.2, -0.15) is 0 Å². The fourth-order valence-corrected chi connectivity index (χ4v) is 14.9. The van der Waals surface area contributed by atoms with Crippen molar-refractivity contribution in [3.63, 3.8) is 0 Å². The number of nitrogens with zero attached hydrogens (tertiary/aromatic N) is 2. The van der Waals surface area contributed by atoms with Crippen LogP contribution in [0, 0.1) is 0 Å². The van der Waals surface area contributed by atoms with E-state index in [0.29, 0.717) is 0 Å². The molecule has 0 N–H and O–H groups in total. The summed E-state index contributed by atoms with van der Waals surface area (Å²) >= 11 is 0. The van der Waals surface area contributed by atoms with Crippen molar-refractivity contribution in [3.05, 3.63) is 224 Å². The molecule has 0 atom stereocenters. The van der Waals surface area contributed by atoms with Gasteiger partial charge in [0, 0.05) is 38.9 Å². The molecule has 0 saturated heterocycles. The quantitative estimate of drug-likeness (QED) is 0.124. The van der Waals surface area contributed by atoms with Gasteiger partial charge < -0.3 is 14.1 Å². The molecule has 3 nitrogen and oxygen atoms in total. The van der Waals surface area contributed by atoms with Crippen LogP contribution in [0.2, 0.25) is 0 Å². The molecular weight excluding hydrogens is 732 g/mol. The highest BCUT2D eigenvalue weighted by Gasteiger charge is 2.47. The van der Waals surface area contributed by atoms with Gasteiger partial charge in [-0.25, -0.2) is 0 Å². The highest BCUT2D eigenvalue weighted by molar-refractivity contribution is 7.20. The lowest BCUT2D eigenvalue weighted by Crippen LogP contribution is -2.75. The molecule has 9 aromatic carbocycles. The Hall–Kier alpha value is -7.34. The second-order valence-electron chi connectivity index (χ2n) is 15.6. The fourth-order valence-electron chi connectivity index (χ4n) is 10.1. The number of rotatable bonds is 6. The summed E-state index contributed by atoms with van der Waals surface area (Å²) in [6.45, 7) is -0.149. The van der Waals surface area contributed by atoms with Gasteiger partial charge in [0.25, 0.3) is 0 Å². The maximum Gasteiger partial charge on any atom is 0.336 e. The van der Waals surface area contributed by atoms with E-state index in [9.17, 15) is 0 Å². The molecule has 59 heavy (non-hydrogen) atoms. The zero-order valence-electron chi connectivity index (χ0n) is 32.2. The first kappa shape index (κ1) is 33.8. The summed E-state index contributed by atoms with van der Waals surface area (Å²) in [4.78, 5) is 2.54. The predicted octanol–water partition coefficient (Wildman–Crippen LogP) is 9.19. The van der Waals surface area contributed by atoms with E-state index in [1.165, 1.54) is 64.8 Å². The number of fused-ring (bicyclic) bond motifs is 7. The largest absolute Gasteiger partial charge is 0.458 e. The molecule has 2 aliphatic rings. The van der Waals surface area contributed by atoms with Crippen LogP contribution in [0.4, 0.5) is 11.4 Å². The summed E-state index contributed by atoms with van der Waals surface area (Å²) in [5.41, 5.74) is 10.6. The highest BCUT2D eigenvalue weighted by Crippen LogP contribution is 2.44. The molecule has 2 aliphatic heterocycles. The van der Waals surface area contributed by atoms with Crippen molar-refractivity contribution in [1.82, 2.24) is 4.57 Å². The van der Waals surface area contributed by atoms with Crippen LogP contribution in [0.3, 0.4) is 0 Å². The van der Waals surface area contributed by atoms with Crippen molar-refractivity contribution >= 4 is 79.8 Å². The summed E-state index contributed by atoms with van der Waals surface area (Å²) < 4.78 is 9.71. The van der Waals surface area contributed by atoms with Crippen molar-refractivity contribution in [1.29, 1.82) is 0 Å². The average molecular weight is 769 g/mol. The predicted molar refractivity (Wildman–Crippen MR) is 250 cm³/mol. The van der Waals surface area contributed by atoms with E-state index in [2.05, 4.69) is 234 Å². The van der Waals surface area contributed by atoms with E-state index in [-0.39, 0.29) is 6.85 Å². The van der Waals surface area contributed by atoms with Gasteiger partial charge in [0.05, 0.1) is 11.0 Å². The fraction of sp³-hybridized carbons (Fsp3) is 0. The van der Waals surface area contributed by atoms with E-state index in [1.807, 2.05) is 0 Å². The third kappa shape index (κ3) is 5.02. The van der Waals surface area contributed by atoms with Crippen LogP contribution in [-0.4, -0.2) is 19.5 Å². The molecule has 5 heteroatoms. The van der Waals surface area contributed by atoms with E-state index in [4.69, 9.17) is 4.74 Å². The Morgan fingerprint density at radius 1 is 0.390 bits per heavy atom. The van der Waals surface area contributed by atoms with Gasteiger partial charge in [-0.3, -0.25) is 0 Å². The van der Waals surface area contributed by atoms with Gasteiger partial charge >= 0.3 is 6.85 Å². The first-order valence-corrected chi connectivity index (χ1v) is 22.4. The van der Waals surface area contributed by atoms with Gasteiger partial charge in [0.1, 0.15) is 11.5 Å². The Kier molecular flexibility index (Phi) is 7.65. The molecule has 12 rings (SSSR count). The Bertz CT molecular complexity index is 3050. The van der Waals surface area contributed by atoms with E-state index in [0.717, 1.165) is 28.3 Å². The van der Waals surface area contributed by atoms with Crippen LogP contribution >= 0.6 is 0 Å². The smallest absolute Gasteiger partial charge is 0.336 e. The third-order valence-corrected chi connectivity index (χ3v) is 17.3. The number of anilines is 2. The molecule has 0 amide bonds. The molecule has 1 aromatic heterocycles. The highest BCUT2D eigenvalue weighted by atomic mass is 28.3. The normalized spacial score (nSPS) is 12.8. The molecule has 0 radical (unpaired) electrons. The summed E-state index contributed by atoms with van der Waals surface area (Å²) in [6.07, 6.45) is 0. The number of benzene rings is 9. The molecule has 10 aromatic rings. The minimum absolute atomic E-state index is 0.149. The lowest BCUT2D eigenvalue weighted by molar-refractivity contribution is 0.487. The van der Waals surface area contributed by atoms with Crippen LogP contribution in [0.1, 0.15) is 0 Å². The standard InChI is InChI=1S/C54H37BN2OSi/c1-5-19-38(20-6-1)57-51-32-18-15-29-46(51)47-36-43(59(40-21-7-2-8-22-40,41-23-9-3-10-24-41)42-25-11-4-12-26-42)37-53-54(47)55(57)48-35-39(33-34-52(48)58-53)56-49-30-16-13-27-44(49)45-28-14-17-31-50(45)56/h1-37H. The lowest BCUT2D eigenvalue weighted by Gasteiger charge is -2.43. The topological polar surface area (TPSA) is 17.4 Å². The van der Waals surface area contributed by atoms with Crippen LogP contribution in [0.5, 0.6) is 11.5 Å². The first-order valence-electron chi connectivity index (χ1n) is 20.4. The number of aromatic nitrogens is 1. The summed E-state index contributed by atoms with van der Waals surface area (Å²) in [7, 11) is -2.89. The first-order chi connectivity index (χ1) is 29.3. The Balaban J connectivity index is 1.16. The molecule has 0 aliphatic carbocycles. The second-order valence-corrected chi connectivity index (χ2v) is 19.4. The molecule has 0 fully saturated rings. The van der Waals surface area contributed by atoms with E-state index < -0.39 is 8.07 Å². The average Bonchev–Trinajstić information content (AvgIpc) is 3.65. The van der Waals surface area contributed by atoms with Crippen LogP contribution in [-0.2, 0) is 0 Å². The van der Waals surface area contributed by atoms with Gasteiger partial charge in [0.2, 0.25) is 0 Å². The summed E-state index contributed by atoms with van der Waals surface area (Å²) in [5, 5.41) is 7.80. The van der Waals surface area contributed by atoms with Gasteiger partial charge in [0.15, 0.2) is 8.07 Å². The Morgan fingerprint density at radius 2 is 0.915 bits per heavy atom. The molecule has 3 heterocycles. The Labute approximate surface area is 345 Å². The SMILES string of the molecule is c1ccc(N2B3c4cc(-n5c6ccccc6c6ccccc65)ccc4Oc4cc([Si](c5ccccc5)(c5ccccc5)c5ccccc5)cc(c43)-c3ccccc32)cc1. The maximum atomic E-state index is 7.30. The van der Waals surface area contributed by atoms with Crippen LogP contribution in [0.15, 0.2) is 224 Å². The summed E-state index contributed by atoms with van der Waals surface area (Å²) in [5.74, 6) is 1.79.